The van der Waals surface area contributed by atoms with Crippen LogP contribution in [0.4, 0.5) is 0 Å². The summed E-state index contributed by atoms with van der Waals surface area (Å²) in [5.41, 5.74) is 0.219. The molecule has 2 aliphatic heterocycles. The van der Waals surface area contributed by atoms with Crippen molar-refractivity contribution in [1.82, 2.24) is 10.3 Å². The Morgan fingerprint density at radius 2 is 2.11 bits per heavy atom. The molecule has 0 aromatic carbocycles. The number of hydrogen-bond acceptors (Lipinski definition) is 4. The van der Waals surface area contributed by atoms with Crippen LogP contribution in [0.2, 0.25) is 0 Å². The van der Waals surface area contributed by atoms with Crippen LogP contribution in [0, 0.1) is 0 Å². The van der Waals surface area contributed by atoms with Gasteiger partial charge in [0.05, 0.1) is 5.56 Å². The van der Waals surface area contributed by atoms with Crippen molar-refractivity contribution < 1.29 is 14.6 Å². The van der Waals surface area contributed by atoms with E-state index in [9.17, 15) is 4.79 Å². The first kappa shape index (κ1) is 11.5. The molecule has 3 rings (SSSR count). The van der Waals surface area contributed by atoms with Crippen LogP contribution in [-0.4, -0.2) is 34.2 Å². The lowest BCUT2D eigenvalue weighted by Crippen LogP contribution is -2.42. The van der Waals surface area contributed by atoms with Gasteiger partial charge in [-0.25, -0.2) is 9.78 Å². The standard InChI is InChI=1S/C13H16N2O3/c16-13(17)8-3-4-14-12(5-8)18-11-6-9-1-2-10(7-11)15-9/h3-5,9-11,15H,1-2,6-7H2,(H,16,17). The van der Waals surface area contributed by atoms with E-state index in [1.54, 1.807) is 0 Å². The van der Waals surface area contributed by atoms with Gasteiger partial charge in [-0.15, -0.1) is 0 Å². The fourth-order valence-electron chi connectivity index (χ4n) is 2.88. The number of aromatic carboxylic acids is 1. The number of carboxylic acids is 1. The molecule has 2 bridgehead atoms. The molecule has 3 heterocycles. The van der Waals surface area contributed by atoms with Crippen molar-refractivity contribution in [3.8, 4) is 5.88 Å². The van der Waals surface area contributed by atoms with Gasteiger partial charge in [-0.05, 0) is 31.7 Å². The number of aromatic nitrogens is 1. The number of nitrogens with zero attached hydrogens (tertiary/aromatic N) is 1. The molecular formula is C13H16N2O3. The van der Waals surface area contributed by atoms with Crippen LogP contribution in [0.1, 0.15) is 36.0 Å². The number of hydrogen-bond donors (Lipinski definition) is 2. The second kappa shape index (κ2) is 4.57. The Bertz CT molecular complexity index is 451. The number of carboxylic acid groups (broad SMARTS) is 1. The number of ether oxygens (including phenoxy) is 1. The zero-order valence-electron chi connectivity index (χ0n) is 10.0. The van der Waals surface area contributed by atoms with Crippen molar-refractivity contribution in [2.75, 3.05) is 0 Å². The number of pyridine rings is 1. The number of nitrogens with one attached hydrogen (secondary N) is 1. The third kappa shape index (κ3) is 2.31. The molecule has 0 amide bonds. The molecule has 1 aromatic heterocycles. The first-order chi connectivity index (χ1) is 8.70. The summed E-state index contributed by atoms with van der Waals surface area (Å²) < 4.78 is 5.81. The SMILES string of the molecule is O=C(O)c1ccnc(OC2CC3CCC(C2)N3)c1. The molecule has 0 aliphatic carbocycles. The molecule has 2 unspecified atom stereocenters. The number of carbonyl (C=O) groups is 1. The minimum absolute atomic E-state index is 0.153. The molecule has 0 radical (unpaired) electrons. The second-order valence-corrected chi connectivity index (χ2v) is 5.04. The van der Waals surface area contributed by atoms with Crippen molar-refractivity contribution in [1.29, 1.82) is 0 Å². The number of rotatable bonds is 3. The highest BCUT2D eigenvalue weighted by Crippen LogP contribution is 2.29. The topological polar surface area (TPSA) is 71.5 Å². The maximum Gasteiger partial charge on any atom is 0.335 e. The van der Waals surface area contributed by atoms with Gasteiger partial charge < -0.3 is 15.2 Å². The molecule has 0 spiro atoms. The zero-order valence-corrected chi connectivity index (χ0v) is 10.0. The van der Waals surface area contributed by atoms with Crippen molar-refractivity contribution >= 4 is 5.97 Å². The van der Waals surface area contributed by atoms with E-state index >= 15 is 0 Å². The predicted octanol–water partition coefficient (Wildman–Crippen LogP) is 1.44. The normalized spacial score (nSPS) is 30.1. The van der Waals surface area contributed by atoms with E-state index in [0.717, 1.165) is 12.8 Å². The van der Waals surface area contributed by atoms with Gasteiger partial charge in [0.2, 0.25) is 5.88 Å². The van der Waals surface area contributed by atoms with Crippen molar-refractivity contribution in [2.24, 2.45) is 0 Å². The lowest BCUT2D eigenvalue weighted by atomic mass is 10.0. The third-order valence-electron chi connectivity index (χ3n) is 3.70. The number of piperidine rings is 1. The summed E-state index contributed by atoms with van der Waals surface area (Å²) in [5, 5.41) is 12.5. The summed E-state index contributed by atoms with van der Waals surface area (Å²) in [7, 11) is 0. The summed E-state index contributed by atoms with van der Waals surface area (Å²) >= 11 is 0. The largest absolute Gasteiger partial charge is 0.478 e. The Morgan fingerprint density at radius 3 is 2.78 bits per heavy atom. The van der Waals surface area contributed by atoms with E-state index in [2.05, 4.69) is 10.3 Å². The van der Waals surface area contributed by atoms with Gasteiger partial charge in [-0.2, -0.15) is 0 Å². The smallest absolute Gasteiger partial charge is 0.335 e. The minimum Gasteiger partial charge on any atom is -0.478 e. The van der Waals surface area contributed by atoms with Crippen molar-refractivity contribution in [3.63, 3.8) is 0 Å². The minimum atomic E-state index is -0.951. The molecule has 96 valence electrons. The van der Waals surface area contributed by atoms with Gasteiger partial charge in [0, 0.05) is 24.3 Å². The quantitative estimate of drug-likeness (QED) is 0.847. The van der Waals surface area contributed by atoms with E-state index in [4.69, 9.17) is 9.84 Å². The Hall–Kier alpha value is -1.62. The van der Waals surface area contributed by atoms with Crippen LogP contribution in [0.15, 0.2) is 18.3 Å². The van der Waals surface area contributed by atoms with Crippen molar-refractivity contribution in [3.05, 3.63) is 23.9 Å². The maximum atomic E-state index is 10.9. The molecule has 2 fully saturated rings. The van der Waals surface area contributed by atoms with Gasteiger partial charge in [0.25, 0.3) is 0 Å². The van der Waals surface area contributed by atoms with E-state index < -0.39 is 5.97 Å². The van der Waals surface area contributed by atoms with Crippen LogP contribution in [0.3, 0.4) is 0 Å². The molecule has 2 aliphatic rings. The Labute approximate surface area is 105 Å². The predicted molar refractivity (Wildman–Crippen MR) is 64.8 cm³/mol. The molecule has 0 saturated carbocycles. The fourth-order valence-corrected chi connectivity index (χ4v) is 2.88. The highest BCUT2D eigenvalue weighted by molar-refractivity contribution is 5.87. The fraction of sp³-hybridized carbons (Fsp3) is 0.538. The van der Waals surface area contributed by atoms with Crippen molar-refractivity contribution in [2.45, 2.75) is 43.9 Å². The number of fused-ring (bicyclic) bond motifs is 2. The maximum absolute atomic E-state index is 10.9. The first-order valence-electron chi connectivity index (χ1n) is 6.33. The Balaban J connectivity index is 1.69. The Morgan fingerprint density at radius 1 is 1.39 bits per heavy atom. The second-order valence-electron chi connectivity index (χ2n) is 5.04. The molecule has 2 atom stereocenters. The van der Waals surface area contributed by atoms with Crippen LogP contribution < -0.4 is 10.1 Å². The highest BCUT2D eigenvalue weighted by Gasteiger charge is 2.34. The van der Waals surface area contributed by atoms with Gasteiger partial charge in [0.1, 0.15) is 6.10 Å². The van der Waals surface area contributed by atoms with Gasteiger partial charge >= 0.3 is 5.97 Å². The van der Waals surface area contributed by atoms with E-state index in [1.807, 2.05) is 0 Å². The van der Waals surface area contributed by atoms with Crippen LogP contribution >= 0.6 is 0 Å². The van der Waals surface area contributed by atoms with Crippen LogP contribution in [0.5, 0.6) is 5.88 Å². The first-order valence-corrected chi connectivity index (χ1v) is 6.33. The van der Waals surface area contributed by atoms with Gasteiger partial charge in [-0.3, -0.25) is 0 Å². The Kier molecular flexibility index (Phi) is 2.91. The summed E-state index contributed by atoms with van der Waals surface area (Å²) in [6, 6.07) is 4.07. The summed E-state index contributed by atoms with van der Waals surface area (Å²) in [6.45, 7) is 0. The van der Waals surface area contributed by atoms with Gasteiger partial charge in [-0.1, -0.05) is 0 Å². The third-order valence-corrected chi connectivity index (χ3v) is 3.70. The average molecular weight is 248 g/mol. The van der Waals surface area contributed by atoms with E-state index in [0.29, 0.717) is 18.0 Å². The molecule has 5 heteroatoms. The van der Waals surface area contributed by atoms with Crippen LogP contribution in [-0.2, 0) is 0 Å². The monoisotopic (exact) mass is 248 g/mol. The lowest BCUT2D eigenvalue weighted by molar-refractivity contribution is 0.0694. The summed E-state index contributed by atoms with van der Waals surface area (Å²) in [5.74, 6) is -0.533. The molecule has 2 saturated heterocycles. The lowest BCUT2D eigenvalue weighted by Gasteiger charge is -2.29. The molecular weight excluding hydrogens is 232 g/mol. The zero-order chi connectivity index (χ0) is 12.5. The average Bonchev–Trinajstić information content (AvgIpc) is 2.69. The van der Waals surface area contributed by atoms with Crippen LogP contribution in [0.25, 0.3) is 0 Å². The van der Waals surface area contributed by atoms with Gasteiger partial charge in [0.15, 0.2) is 0 Å². The molecule has 1 aromatic rings. The summed E-state index contributed by atoms with van der Waals surface area (Å²) in [6.07, 6.45) is 6.03. The molecule has 5 nitrogen and oxygen atoms in total. The van der Waals surface area contributed by atoms with E-state index in [1.165, 1.54) is 31.2 Å². The summed E-state index contributed by atoms with van der Waals surface area (Å²) in [4.78, 5) is 14.9. The highest BCUT2D eigenvalue weighted by atomic mass is 16.5. The van der Waals surface area contributed by atoms with E-state index in [-0.39, 0.29) is 11.7 Å². The molecule has 2 N–H and O–H groups in total. The molecule has 18 heavy (non-hydrogen) atoms.